The van der Waals surface area contributed by atoms with E-state index in [2.05, 4.69) is 45.7 Å². The predicted molar refractivity (Wildman–Crippen MR) is 105 cm³/mol. The van der Waals surface area contributed by atoms with E-state index < -0.39 is 0 Å². The molecular formula is C20H22N4O2S. The highest BCUT2D eigenvalue weighted by Crippen LogP contribution is 2.29. The van der Waals surface area contributed by atoms with Gasteiger partial charge >= 0.3 is 5.97 Å². The molecular weight excluding hydrogens is 360 g/mol. The van der Waals surface area contributed by atoms with Crippen LogP contribution >= 0.6 is 11.8 Å². The summed E-state index contributed by atoms with van der Waals surface area (Å²) in [5.74, 6) is 0.489. The monoisotopic (exact) mass is 382 g/mol. The zero-order valence-corrected chi connectivity index (χ0v) is 16.5. The van der Waals surface area contributed by atoms with Gasteiger partial charge < -0.3 is 9.30 Å². The van der Waals surface area contributed by atoms with Gasteiger partial charge in [-0.05, 0) is 50.2 Å². The van der Waals surface area contributed by atoms with Gasteiger partial charge in [0.25, 0.3) is 0 Å². The minimum atomic E-state index is -0.363. The van der Waals surface area contributed by atoms with Crippen molar-refractivity contribution in [3.63, 3.8) is 0 Å². The molecule has 0 saturated heterocycles. The molecule has 0 bridgehead atoms. The molecule has 0 unspecified atom stereocenters. The highest BCUT2D eigenvalue weighted by molar-refractivity contribution is 7.99. The predicted octanol–water partition coefficient (Wildman–Crippen LogP) is 4.39. The third kappa shape index (κ3) is 4.54. The fourth-order valence-corrected chi connectivity index (χ4v) is 3.45. The maximum absolute atomic E-state index is 11.7. The molecule has 3 aromatic rings. The Labute approximate surface area is 163 Å². The van der Waals surface area contributed by atoms with Crippen LogP contribution in [0.15, 0.2) is 52.8 Å². The maximum Gasteiger partial charge on any atom is 0.339 e. The number of carbonyl (C=O) groups excluding carboxylic acids is 1. The van der Waals surface area contributed by atoms with Gasteiger partial charge in [-0.15, -0.1) is 10.2 Å². The quantitative estimate of drug-likeness (QED) is 0.565. The second kappa shape index (κ2) is 8.81. The topological polar surface area (TPSA) is 69.9 Å². The zero-order chi connectivity index (χ0) is 19.2. The molecule has 0 radical (unpaired) electrons. The number of nitrogens with zero attached hydrogens (tertiary/aromatic N) is 4. The van der Waals surface area contributed by atoms with Crippen LogP contribution in [0.4, 0.5) is 0 Å². The summed E-state index contributed by atoms with van der Waals surface area (Å²) in [6.07, 6.45) is 2.50. The highest BCUT2D eigenvalue weighted by Gasteiger charge is 2.15. The number of aryl methyl sites for hydroxylation is 1. The van der Waals surface area contributed by atoms with Gasteiger partial charge in [-0.1, -0.05) is 30.7 Å². The van der Waals surface area contributed by atoms with Crippen molar-refractivity contribution in [2.24, 2.45) is 0 Å². The molecule has 0 aliphatic heterocycles. The Hall–Kier alpha value is -2.67. The highest BCUT2D eigenvalue weighted by atomic mass is 32.2. The summed E-state index contributed by atoms with van der Waals surface area (Å²) in [5.41, 5.74) is 2.68. The smallest absolute Gasteiger partial charge is 0.339 e. The van der Waals surface area contributed by atoms with Crippen LogP contribution in [-0.2, 0) is 11.3 Å². The first-order valence-corrected chi connectivity index (χ1v) is 9.75. The van der Waals surface area contributed by atoms with Crippen LogP contribution in [-0.4, -0.2) is 32.3 Å². The van der Waals surface area contributed by atoms with Gasteiger partial charge in [-0.3, -0.25) is 0 Å². The third-order valence-corrected chi connectivity index (χ3v) is 4.82. The normalized spacial score (nSPS) is 10.8. The van der Waals surface area contributed by atoms with E-state index in [4.69, 9.17) is 4.74 Å². The van der Waals surface area contributed by atoms with Crippen molar-refractivity contribution in [3.05, 3.63) is 53.7 Å². The molecule has 0 N–H and O–H groups in total. The van der Waals surface area contributed by atoms with E-state index in [0.29, 0.717) is 12.2 Å². The van der Waals surface area contributed by atoms with Gasteiger partial charge in [-0.25, -0.2) is 9.78 Å². The summed E-state index contributed by atoms with van der Waals surface area (Å²) in [5, 5.41) is 10.3. The van der Waals surface area contributed by atoms with E-state index >= 15 is 0 Å². The molecule has 0 aliphatic rings. The van der Waals surface area contributed by atoms with Gasteiger partial charge in [0.05, 0.1) is 12.2 Å². The van der Waals surface area contributed by atoms with Gasteiger partial charge in [0.2, 0.25) is 0 Å². The van der Waals surface area contributed by atoms with E-state index in [1.54, 1.807) is 19.1 Å². The van der Waals surface area contributed by atoms with Crippen molar-refractivity contribution in [2.75, 3.05) is 6.61 Å². The molecule has 1 aromatic carbocycles. The number of aromatic nitrogens is 4. The van der Waals surface area contributed by atoms with Crippen LogP contribution in [0.3, 0.4) is 0 Å². The summed E-state index contributed by atoms with van der Waals surface area (Å²) >= 11 is 1.43. The number of pyridine rings is 1. The molecule has 0 fully saturated rings. The molecule has 0 aliphatic carbocycles. The molecule has 6 nitrogen and oxygen atoms in total. The van der Waals surface area contributed by atoms with Gasteiger partial charge in [0.15, 0.2) is 11.0 Å². The molecule has 2 aromatic heterocycles. The van der Waals surface area contributed by atoms with Crippen LogP contribution in [0.1, 0.15) is 36.2 Å². The van der Waals surface area contributed by atoms with E-state index in [9.17, 15) is 4.79 Å². The van der Waals surface area contributed by atoms with Crippen LogP contribution in [0.2, 0.25) is 0 Å². The molecule has 7 heteroatoms. The number of hydrogen-bond donors (Lipinski definition) is 0. The van der Waals surface area contributed by atoms with Crippen LogP contribution < -0.4 is 0 Å². The lowest BCUT2D eigenvalue weighted by Gasteiger charge is -2.09. The number of benzene rings is 1. The van der Waals surface area contributed by atoms with Crippen molar-refractivity contribution in [1.82, 2.24) is 19.7 Å². The second-order valence-corrected chi connectivity index (χ2v) is 7.02. The zero-order valence-electron chi connectivity index (χ0n) is 15.7. The summed E-state index contributed by atoms with van der Waals surface area (Å²) in [4.78, 5) is 16.1. The Balaban J connectivity index is 1.86. The molecule has 3 rings (SSSR count). The van der Waals surface area contributed by atoms with E-state index in [1.807, 2.05) is 12.1 Å². The van der Waals surface area contributed by atoms with Gasteiger partial charge in [-0.2, -0.15) is 0 Å². The first-order chi connectivity index (χ1) is 13.1. The largest absolute Gasteiger partial charge is 0.462 e. The van der Waals surface area contributed by atoms with E-state index in [1.165, 1.54) is 23.5 Å². The van der Waals surface area contributed by atoms with Crippen molar-refractivity contribution < 1.29 is 9.53 Å². The molecule has 140 valence electrons. The van der Waals surface area contributed by atoms with Gasteiger partial charge in [0, 0.05) is 18.3 Å². The first kappa shape index (κ1) is 19.1. The minimum Gasteiger partial charge on any atom is -0.462 e. The SMILES string of the molecule is CCCn1c(Sc2ccc(C(=O)OCC)cn2)nnc1-c1cccc(C)c1. The van der Waals surface area contributed by atoms with Crippen molar-refractivity contribution >= 4 is 17.7 Å². The second-order valence-electron chi connectivity index (χ2n) is 6.03. The summed E-state index contributed by atoms with van der Waals surface area (Å²) in [7, 11) is 0. The third-order valence-electron chi connectivity index (χ3n) is 3.88. The summed E-state index contributed by atoms with van der Waals surface area (Å²) < 4.78 is 7.10. The Morgan fingerprint density at radius 1 is 1.19 bits per heavy atom. The fraction of sp³-hybridized carbons (Fsp3) is 0.300. The van der Waals surface area contributed by atoms with Crippen molar-refractivity contribution in [2.45, 2.75) is 43.9 Å². The summed E-state index contributed by atoms with van der Waals surface area (Å²) in [6, 6.07) is 11.8. The Bertz CT molecular complexity index is 922. The molecule has 0 amide bonds. The fourth-order valence-electron chi connectivity index (χ4n) is 2.66. The van der Waals surface area contributed by atoms with Crippen LogP contribution in [0.5, 0.6) is 0 Å². The standard InChI is InChI=1S/C20H22N4O2S/c1-4-11-24-18(15-8-6-7-14(3)12-15)22-23-20(24)27-17-10-9-16(13-21-17)19(25)26-5-2/h6-10,12-13H,4-5,11H2,1-3H3. The van der Waals surface area contributed by atoms with Gasteiger partial charge in [0.1, 0.15) is 5.03 Å². The molecule has 0 saturated carbocycles. The van der Waals surface area contributed by atoms with Crippen LogP contribution in [0.25, 0.3) is 11.4 Å². The number of hydrogen-bond acceptors (Lipinski definition) is 6. The average Bonchev–Trinajstić information content (AvgIpc) is 3.05. The van der Waals surface area contributed by atoms with Crippen molar-refractivity contribution in [1.29, 1.82) is 0 Å². The number of ether oxygens (including phenoxy) is 1. The van der Waals surface area contributed by atoms with Crippen LogP contribution in [0, 0.1) is 6.92 Å². The molecule has 27 heavy (non-hydrogen) atoms. The average molecular weight is 382 g/mol. The summed E-state index contributed by atoms with van der Waals surface area (Å²) in [6.45, 7) is 7.13. The first-order valence-electron chi connectivity index (χ1n) is 8.93. The lowest BCUT2D eigenvalue weighted by Crippen LogP contribution is -2.05. The molecule has 0 atom stereocenters. The Morgan fingerprint density at radius 3 is 2.70 bits per heavy atom. The lowest BCUT2D eigenvalue weighted by atomic mass is 10.1. The maximum atomic E-state index is 11.7. The molecule has 2 heterocycles. The molecule has 0 spiro atoms. The Morgan fingerprint density at radius 2 is 2.04 bits per heavy atom. The van der Waals surface area contributed by atoms with E-state index in [0.717, 1.165) is 34.5 Å². The van der Waals surface area contributed by atoms with E-state index in [-0.39, 0.29) is 5.97 Å². The number of carbonyl (C=O) groups is 1. The Kier molecular flexibility index (Phi) is 6.24. The lowest BCUT2D eigenvalue weighted by molar-refractivity contribution is 0.0525. The van der Waals surface area contributed by atoms with Crippen molar-refractivity contribution in [3.8, 4) is 11.4 Å². The minimum absolute atomic E-state index is 0.344. The number of esters is 1. The number of rotatable bonds is 7.